The van der Waals surface area contributed by atoms with Gasteiger partial charge in [0, 0.05) is 11.6 Å². The van der Waals surface area contributed by atoms with E-state index in [1.807, 2.05) is 0 Å². The van der Waals surface area contributed by atoms with E-state index in [1.165, 1.54) is 18.2 Å². The van der Waals surface area contributed by atoms with Crippen molar-refractivity contribution in [3.8, 4) is 5.75 Å². The second-order valence-electron chi connectivity index (χ2n) is 3.76. The Morgan fingerprint density at radius 3 is 2.81 bits per heavy atom. The molecule has 1 aromatic carbocycles. The maximum atomic E-state index is 13.0. The van der Waals surface area contributed by atoms with Crippen LogP contribution in [0.5, 0.6) is 5.75 Å². The smallest absolute Gasteiger partial charge is 0.231 e. The van der Waals surface area contributed by atoms with Crippen molar-refractivity contribution < 1.29 is 14.3 Å². The fourth-order valence-electron chi connectivity index (χ4n) is 1.48. The van der Waals surface area contributed by atoms with Gasteiger partial charge in [-0.25, -0.2) is 4.39 Å². The van der Waals surface area contributed by atoms with Crippen LogP contribution in [0.15, 0.2) is 18.2 Å². The maximum absolute atomic E-state index is 13.0. The van der Waals surface area contributed by atoms with Crippen LogP contribution in [-0.2, 0) is 4.79 Å². The number of carbonyl (C=O) groups excluding carboxylic acids is 1. The molecule has 4 nitrogen and oxygen atoms in total. The predicted octanol–water partition coefficient (Wildman–Crippen LogP) is 1.01. The number of likely N-dealkylation sites (N-methyl/N-ethyl adjacent to an activating group) is 1. The van der Waals surface area contributed by atoms with Crippen LogP contribution in [0.25, 0.3) is 0 Å². The molecule has 0 aromatic heterocycles. The minimum atomic E-state index is -0.467. The fraction of sp³-hybridized carbons (Fsp3) is 0.364. The lowest BCUT2D eigenvalue weighted by Gasteiger charge is -2.24. The summed E-state index contributed by atoms with van der Waals surface area (Å²) in [7, 11) is 1.68. The van der Waals surface area contributed by atoms with Gasteiger partial charge in [-0.15, -0.1) is 0 Å². The highest BCUT2D eigenvalue weighted by Gasteiger charge is 2.17. The number of nitrogens with two attached hydrogens (primary N) is 1. The van der Waals surface area contributed by atoms with Gasteiger partial charge in [0.15, 0.2) is 0 Å². The molecule has 0 aliphatic rings. The number of aromatic hydroxyl groups is 1. The average molecular weight is 226 g/mol. The Balaban J connectivity index is 2.90. The number of amides is 1. The summed E-state index contributed by atoms with van der Waals surface area (Å²) >= 11 is 0. The van der Waals surface area contributed by atoms with Gasteiger partial charge in [0.2, 0.25) is 5.91 Å². The number of nitrogens with zero attached hydrogens (tertiary/aromatic N) is 1. The molecule has 0 saturated carbocycles. The van der Waals surface area contributed by atoms with E-state index in [1.54, 1.807) is 18.9 Å². The number of hydrogen-bond donors (Lipinski definition) is 2. The van der Waals surface area contributed by atoms with E-state index in [4.69, 9.17) is 5.73 Å². The molecular formula is C11H15FN2O2. The number of hydrogen-bond acceptors (Lipinski definition) is 3. The van der Waals surface area contributed by atoms with Crippen molar-refractivity contribution in [1.29, 1.82) is 0 Å². The van der Waals surface area contributed by atoms with Crippen molar-refractivity contribution in [3.63, 3.8) is 0 Å². The topological polar surface area (TPSA) is 66.6 Å². The maximum Gasteiger partial charge on any atom is 0.231 e. The third kappa shape index (κ3) is 2.93. The summed E-state index contributed by atoms with van der Waals surface area (Å²) in [6.45, 7) is 1.81. The highest BCUT2D eigenvalue weighted by Crippen LogP contribution is 2.27. The minimum absolute atomic E-state index is 0.00483. The third-order valence-corrected chi connectivity index (χ3v) is 2.51. The van der Waals surface area contributed by atoms with Crippen molar-refractivity contribution in [2.75, 3.05) is 13.6 Å². The number of carbonyl (C=O) groups is 1. The van der Waals surface area contributed by atoms with Gasteiger partial charge in [-0.3, -0.25) is 9.69 Å². The number of primary amides is 1. The molecule has 1 rings (SSSR count). The molecule has 5 heteroatoms. The third-order valence-electron chi connectivity index (χ3n) is 2.51. The lowest BCUT2D eigenvalue weighted by atomic mass is 10.1. The Kier molecular flexibility index (Phi) is 3.84. The highest BCUT2D eigenvalue weighted by atomic mass is 19.1. The van der Waals surface area contributed by atoms with Crippen molar-refractivity contribution in [3.05, 3.63) is 29.6 Å². The first kappa shape index (κ1) is 12.4. The van der Waals surface area contributed by atoms with E-state index in [0.29, 0.717) is 5.56 Å². The summed E-state index contributed by atoms with van der Waals surface area (Å²) in [4.78, 5) is 12.4. The first-order valence-electron chi connectivity index (χ1n) is 4.88. The summed E-state index contributed by atoms with van der Waals surface area (Å²) in [5.74, 6) is -0.886. The predicted molar refractivity (Wildman–Crippen MR) is 58.3 cm³/mol. The van der Waals surface area contributed by atoms with Gasteiger partial charge in [-0.1, -0.05) is 0 Å². The standard InChI is InChI=1S/C11H15FN2O2/c1-7(14(2)6-11(13)16)9-5-8(12)3-4-10(9)15/h3-5,7,15H,6H2,1-2H3,(H2,13,16). The van der Waals surface area contributed by atoms with Crippen LogP contribution < -0.4 is 5.73 Å². The van der Waals surface area contributed by atoms with E-state index in [2.05, 4.69) is 0 Å². The van der Waals surface area contributed by atoms with Crippen LogP contribution in [0.3, 0.4) is 0 Å². The largest absolute Gasteiger partial charge is 0.508 e. The summed E-state index contributed by atoms with van der Waals surface area (Å²) in [5.41, 5.74) is 5.49. The molecule has 0 aliphatic heterocycles. The Labute approximate surface area is 93.5 Å². The first-order chi connectivity index (χ1) is 7.41. The molecule has 0 spiro atoms. The van der Waals surface area contributed by atoms with Crippen LogP contribution in [0.2, 0.25) is 0 Å². The second kappa shape index (κ2) is 4.94. The lowest BCUT2D eigenvalue weighted by Crippen LogP contribution is -2.32. The van der Waals surface area contributed by atoms with E-state index in [-0.39, 0.29) is 18.3 Å². The van der Waals surface area contributed by atoms with Crippen LogP contribution in [0.4, 0.5) is 4.39 Å². The zero-order chi connectivity index (χ0) is 12.3. The van der Waals surface area contributed by atoms with Crippen LogP contribution in [-0.4, -0.2) is 29.5 Å². The molecule has 0 heterocycles. The summed E-state index contributed by atoms with van der Waals surface area (Å²) in [5, 5.41) is 9.58. The van der Waals surface area contributed by atoms with Gasteiger partial charge in [0.25, 0.3) is 0 Å². The van der Waals surface area contributed by atoms with Gasteiger partial charge >= 0.3 is 0 Å². The monoisotopic (exact) mass is 226 g/mol. The zero-order valence-corrected chi connectivity index (χ0v) is 9.27. The van der Waals surface area contributed by atoms with Gasteiger partial charge in [0.05, 0.1) is 6.54 Å². The van der Waals surface area contributed by atoms with Gasteiger partial charge in [0.1, 0.15) is 11.6 Å². The SMILES string of the molecule is CC(c1cc(F)ccc1O)N(C)CC(N)=O. The van der Waals surface area contributed by atoms with Crippen molar-refractivity contribution in [2.45, 2.75) is 13.0 Å². The fourth-order valence-corrected chi connectivity index (χ4v) is 1.48. The molecule has 1 atom stereocenters. The molecular weight excluding hydrogens is 211 g/mol. The molecule has 88 valence electrons. The molecule has 16 heavy (non-hydrogen) atoms. The van der Waals surface area contributed by atoms with E-state index >= 15 is 0 Å². The van der Waals surface area contributed by atoms with Crippen molar-refractivity contribution in [2.24, 2.45) is 5.73 Å². The van der Waals surface area contributed by atoms with Gasteiger partial charge in [-0.05, 0) is 32.2 Å². The Morgan fingerprint density at radius 1 is 1.62 bits per heavy atom. The minimum Gasteiger partial charge on any atom is -0.508 e. The summed E-state index contributed by atoms with van der Waals surface area (Å²) in [6.07, 6.45) is 0. The normalized spacial score (nSPS) is 12.8. The molecule has 1 aromatic rings. The molecule has 0 radical (unpaired) electrons. The van der Waals surface area contributed by atoms with Crippen LogP contribution >= 0.6 is 0 Å². The lowest BCUT2D eigenvalue weighted by molar-refractivity contribution is -0.119. The number of rotatable bonds is 4. The second-order valence-corrected chi connectivity index (χ2v) is 3.76. The number of halogens is 1. The Bertz CT molecular complexity index is 396. The highest BCUT2D eigenvalue weighted by molar-refractivity contribution is 5.75. The number of phenols is 1. The zero-order valence-electron chi connectivity index (χ0n) is 9.27. The molecule has 0 bridgehead atoms. The summed E-state index contributed by atoms with van der Waals surface area (Å²) in [6, 6.07) is 3.43. The van der Waals surface area contributed by atoms with Crippen LogP contribution in [0, 0.1) is 5.82 Å². The van der Waals surface area contributed by atoms with Crippen molar-refractivity contribution in [1.82, 2.24) is 4.90 Å². The molecule has 3 N–H and O–H groups in total. The average Bonchev–Trinajstić information content (AvgIpc) is 2.19. The van der Waals surface area contributed by atoms with E-state index in [0.717, 1.165) is 0 Å². The Morgan fingerprint density at radius 2 is 2.25 bits per heavy atom. The summed E-state index contributed by atoms with van der Waals surface area (Å²) < 4.78 is 13.0. The van der Waals surface area contributed by atoms with E-state index < -0.39 is 11.7 Å². The molecule has 1 unspecified atom stereocenters. The molecule has 0 saturated heterocycles. The van der Waals surface area contributed by atoms with Gasteiger partial charge in [-0.2, -0.15) is 0 Å². The van der Waals surface area contributed by atoms with Gasteiger partial charge < -0.3 is 10.8 Å². The molecule has 1 amide bonds. The quantitative estimate of drug-likeness (QED) is 0.805. The number of phenolic OH excluding ortho intramolecular Hbond substituents is 1. The first-order valence-corrected chi connectivity index (χ1v) is 4.88. The Hall–Kier alpha value is -1.62. The van der Waals surface area contributed by atoms with Crippen LogP contribution in [0.1, 0.15) is 18.5 Å². The van der Waals surface area contributed by atoms with Crippen molar-refractivity contribution >= 4 is 5.91 Å². The van der Waals surface area contributed by atoms with E-state index in [9.17, 15) is 14.3 Å². The molecule has 0 fully saturated rings. The molecule has 0 aliphatic carbocycles. The number of benzene rings is 1.